The van der Waals surface area contributed by atoms with Crippen molar-refractivity contribution in [2.75, 3.05) is 6.61 Å². The minimum absolute atomic E-state index is 0.0836. The van der Waals surface area contributed by atoms with Gasteiger partial charge in [0.15, 0.2) is 11.9 Å². The molecule has 0 radical (unpaired) electrons. The molecule has 0 aromatic heterocycles. The monoisotopic (exact) mass is 340 g/mol. The van der Waals surface area contributed by atoms with E-state index in [1.54, 1.807) is 19.1 Å². The molecular weight excluding hydrogens is 320 g/mol. The van der Waals surface area contributed by atoms with Gasteiger partial charge in [-0.3, -0.25) is 4.79 Å². The lowest BCUT2D eigenvalue weighted by Crippen LogP contribution is -2.26. The Morgan fingerprint density at radius 3 is 2.04 bits per heavy atom. The van der Waals surface area contributed by atoms with Gasteiger partial charge >= 0.3 is 11.9 Å². The third kappa shape index (κ3) is 5.01. The highest BCUT2D eigenvalue weighted by Gasteiger charge is 2.23. The zero-order valence-electron chi connectivity index (χ0n) is 14.2. The number of hydrogen-bond acceptors (Lipinski definition) is 5. The molecule has 1 unspecified atom stereocenters. The Labute approximate surface area is 146 Å². The quantitative estimate of drug-likeness (QED) is 0.724. The molecule has 2 aromatic rings. The Kier molecular flexibility index (Phi) is 6.46. The van der Waals surface area contributed by atoms with Crippen molar-refractivity contribution in [3.8, 4) is 0 Å². The number of carbonyl (C=O) groups excluding carboxylic acids is 3. The summed E-state index contributed by atoms with van der Waals surface area (Å²) in [7, 11) is 0. The van der Waals surface area contributed by atoms with E-state index in [4.69, 9.17) is 9.47 Å². The molecule has 2 aromatic carbocycles. The highest BCUT2D eigenvalue weighted by atomic mass is 16.5. The predicted molar refractivity (Wildman–Crippen MR) is 92.4 cm³/mol. The summed E-state index contributed by atoms with van der Waals surface area (Å²) < 4.78 is 10.2. The first-order valence-corrected chi connectivity index (χ1v) is 8.06. The molecule has 130 valence electrons. The highest BCUT2D eigenvalue weighted by molar-refractivity contribution is 6.03. The van der Waals surface area contributed by atoms with Gasteiger partial charge in [-0.05, 0) is 31.5 Å². The van der Waals surface area contributed by atoms with Gasteiger partial charge in [0.25, 0.3) is 0 Å². The fraction of sp³-hybridized carbons (Fsp3) is 0.250. The number of ether oxygens (including phenoxy) is 2. The zero-order chi connectivity index (χ0) is 18.2. The van der Waals surface area contributed by atoms with Crippen molar-refractivity contribution in [1.29, 1.82) is 0 Å². The highest BCUT2D eigenvalue weighted by Crippen LogP contribution is 2.14. The van der Waals surface area contributed by atoms with Gasteiger partial charge in [-0.25, -0.2) is 9.59 Å². The van der Waals surface area contributed by atoms with Gasteiger partial charge in [-0.15, -0.1) is 0 Å². The maximum Gasteiger partial charge on any atom is 0.339 e. The van der Waals surface area contributed by atoms with Crippen LogP contribution in [-0.2, 0) is 20.7 Å². The number of hydrogen-bond donors (Lipinski definition) is 0. The van der Waals surface area contributed by atoms with E-state index in [9.17, 15) is 14.4 Å². The summed E-state index contributed by atoms with van der Waals surface area (Å²) in [6, 6.07) is 15.4. The molecule has 0 aliphatic rings. The van der Waals surface area contributed by atoms with Gasteiger partial charge in [0.2, 0.25) is 0 Å². The van der Waals surface area contributed by atoms with Crippen LogP contribution < -0.4 is 0 Å². The Morgan fingerprint density at radius 2 is 1.44 bits per heavy atom. The van der Waals surface area contributed by atoms with Gasteiger partial charge in [0.1, 0.15) is 0 Å². The van der Waals surface area contributed by atoms with Crippen LogP contribution in [0.3, 0.4) is 0 Å². The first kappa shape index (κ1) is 18.4. The lowest BCUT2D eigenvalue weighted by atomic mass is 10.1. The largest absolute Gasteiger partial charge is 0.462 e. The van der Waals surface area contributed by atoms with Crippen LogP contribution in [0.4, 0.5) is 0 Å². The first-order valence-electron chi connectivity index (χ1n) is 8.06. The second-order valence-electron chi connectivity index (χ2n) is 5.44. The number of esters is 2. The third-order valence-corrected chi connectivity index (χ3v) is 3.60. The van der Waals surface area contributed by atoms with E-state index >= 15 is 0 Å². The molecule has 5 heteroatoms. The summed E-state index contributed by atoms with van der Waals surface area (Å²) >= 11 is 0. The van der Waals surface area contributed by atoms with E-state index in [1.165, 1.54) is 19.1 Å². The smallest absolute Gasteiger partial charge is 0.339 e. The summed E-state index contributed by atoms with van der Waals surface area (Å²) in [5, 5.41) is 0. The lowest BCUT2D eigenvalue weighted by molar-refractivity contribution is -0.126. The van der Waals surface area contributed by atoms with E-state index in [0.29, 0.717) is 0 Å². The van der Waals surface area contributed by atoms with Crippen molar-refractivity contribution in [3.05, 3.63) is 71.3 Å². The van der Waals surface area contributed by atoms with E-state index in [1.807, 2.05) is 30.3 Å². The molecule has 1 atom stereocenters. The molecule has 0 N–H and O–H groups in total. The van der Waals surface area contributed by atoms with Gasteiger partial charge in [-0.2, -0.15) is 0 Å². The van der Waals surface area contributed by atoms with Crippen LogP contribution in [0, 0.1) is 0 Å². The topological polar surface area (TPSA) is 69.7 Å². The van der Waals surface area contributed by atoms with Crippen LogP contribution in [0.15, 0.2) is 54.6 Å². The van der Waals surface area contributed by atoms with E-state index in [2.05, 4.69) is 0 Å². The molecule has 0 saturated heterocycles. The zero-order valence-corrected chi connectivity index (χ0v) is 14.2. The Morgan fingerprint density at radius 1 is 0.880 bits per heavy atom. The Hall–Kier alpha value is -2.95. The van der Waals surface area contributed by atoms with Gasteiger partial charge < -0.3 is 9.47 Å². The fourth-order valence-electron chi connectivity index (χ4n) is 2.28. The van der Waals surface area contributed by atoms with Gasteiger partial charge in [0, 0.05) is 6.42 Å². The van der Waals surface area contributed by atoms with Crippen LogP contribution in [0.25, 0.3) is 0 Å². The number of carbonyl (C=O) groups is 3. The molecule has 0 heterocycles. The van der Waals surface area contributed by atoms with Crippen molar-refractivity contribution >= 4 is 17.7 Å². The minimum Gasteiger partial charge on any atom is -0.462 e. The van der Waals surface area contributed by atoms with Gasteiger partial charge in [0.05, 0.1) is 17.7 Å². The lowest BCUT2D eigenvalue weighted by Gasteiger charge is -2.14. The van der Waals surface area contributed by atoms with Crippen LogP contribution in [0.5, 0.6) is 0 Å². The second kappa shape index (κ2) is 8.78. The van der Waals surface area contributed by atoms with Crippen molar-refractivity contribution in [3.63, 3.8) is 0 Å². The second-order valence-corrected chi connectivity index (χ2v) is 5.44. The average Bonchev–Trinajstić information content (AvgIpc) is 2.62. The minimum atomic E-state index is -0.914. The normalized spacial score (nSPS) is 11.4. The van der Waals surface area contributed by atoms with Crippen LogP contribution in [0.2, 0.25) is 0 Å². The van der Waals surface area contributed by atoms with Crippen molar-refractivity contribution in [2.45, 2.75) is 26.4 Å². The molecule has 5 nitrogen and oxygen atoms in total. The van der Waals surface area contributed by atoms with E-state index < -0.39 is 18.0 Å². The van der Waals surface area contributed by atoms with E-state index in [-0.39, 0.29) is 29.9 Å². The predicted octanol–water partition coefficient (Wildman–Crippen LogP) is 3.22. The molecule has 0 spiro atoms. The van der Waals surface area contributed by atoms with E-state index in [0.717, 1.165) is 5.56 Å². The summed E-state index contributed by atoms with van der Waals surface area (Å²) in [6.07, 6.45) is -0.739. The summed E-state index contributed by atoms with van der Waals surface area (Å²) in [5.74, 6) is -1.54. The standard InChI is InChI=1S/C20H20O5/c1-3-24-19(22)16-11-7-8-12-17(16)20(23)25-14(2)18(21)13-15-9-5-4-6-10-15/h4-12,14H,3,13H2,1-2H3. The maximum absolute atomic E-state index is 12.4. The number of rotatable bonds is 7. The van der Waals surface area contributed by atoms with Crippen LogP contribution >= 0.6 is 0 Å². The van der Waals surface area contributed by atoms with Crippen LogP contribution in [0.1, 0.15) is 40.1 Å². The van der Waals surface area contributed by atoms with Crippen molar-refractivity contribution < 1.29 is 23.9 Å². The SMILES string of the molecule is CCOC(=O)c1ccccc1C(=O)OC(C)C(=O)Cc1ccccc1. The molecule has 0 fully saturated rings. The van der Waals surface area contributed by atoms with Crippen LogP contribution in [-0.4, -0.2) is 30.4 Å². The fourth-order valence-corrected chi connectivity index (χ4v) is 2.28. The molecule has 2 rings (SSSR count). The molecule has 0 bridgehead atoms. The molecule has 0 amide bonds. The summed E-state index contributed by atoms with van der Waals surface area (Å²) in [4.78, 5) is 36.5. The molecule has 0 saturated carbocycles. The Bertz CT molecular complexity index is 752. The summed E-state index contributed by atoms with van der Waals surface area (Å²) in [5.41, 5.74) is 1.06. The molecule has 0 aliphatic heterocycles. The number of benzene rings is 2. The molecule has 0 aliphatic carbocycles. The van der Waals surface area contributed by atoms with Crippen molar-refractivity contribution in [1.82, 2.24) is 0 Å². The van der Waals surface area contributed by atoms with Crippen molar-refractivity contribution in [2.24, 2.45) is 0 Å². The number of Topliss-reactive ketones (excluding diaryl/α,β-unsaturated/α-hetero) is 1. The maximum atomic E-state index is 12.4. The Balaban J connectivity index is 2.06. The molecule has 25 heavy (non-hydrogen) atoms. The summed E-state index contributed by atoms with van der Waals surface area (Å²) in [6.45, 7) is 3.41. The van der Waals surface area contributed by atoms with Gasteiger partial charge in [-0.1, -0.05) is 42.5 Å². The molecular formula is C20H20O5. The first-order chi connectivity index (χ1) is 12.0. The number of ketones is 1. The average molecular weight is 340 g/mol. The third-order valence-electron chi connectivity index (χ3n) is 3.60.